The van der Waals surface area contributed by atoms with E-state index >= 15 is 0 Å². The van der Waals surface area contributed by atoms with Crippen molar-refractivity contribution in [2.75, 3.05) is 0 Å². The van der Waals surface area contributed by atoms with Crippen molar-refractivity contribution in [2.24, 2.45) is 10.9 Å². The number of fused-ring (bicyclic) bond motifs is 1. The highest BCUT2D eigenvalue weighted by atomic mass is 32.1. The maximum Gasteiger partial charge on any atom is 0.0739 e. The summed E-state index contributed by atoms with van der Waals surface area (Å²) >= 11 is 4.67. The Morgan fingerprint density at radius 3 is 2.37 bits per heavy atom. The Hall–Kier alpha value is -3.24. The second-order valence-electron chi connectivity index (χ2n) is 8.10. The highest BCUT2D eigenvalue weighted by molar-refractivity contribution is 7.78. The third-order valence-electron chi connectivity index (χ3n) is 5.77. The first-order valence-corrected chi connectivity index (χ1v) is 10.8. The molecule has 0 bridgehead atoms. The summed E-state index contributed by atoms with van der Waals surface area (Å²) in [6.45, 7) is 0. The van der Waals surface area contributed by atoms with Crippen LogP contribution in [0, 0.1) is 17.8 Å². The van der Waals surface area contributed by atoms with E-state index in [2.05, 4.69) is 94.9 Å². The lowest BCUT2D eigenvalue weighted by molar-refractivity contribution is 0.832. The van der Waals surface area contributed by atoms with Crippen LogP contribution in [0.25, 0.3) is 17.2 Å². The van der Waals surface area contributed by atoms with Crippen molar-refractivity contribution >= 4 is 29.1 Å². The number of isothiocyanates is 1. The van der Waals surface area contributed by atoms with E-state index in [1.54, 1.807) is 0 Å². The fraction of sp³-hybridized carbons (Fsp3) is 0.179. The summed E-state index contributed by atoms with van der Waals surface area (Å²) in [5, 5.41) is 2.41. The van der Waals surface area contributed by atoms with Crippen LogP contribution in [0.3, 0.4) is 0 Å². The summed E-state index contributed by atoms with van der Waals surface area (Å²) in [5.74, 6) is 7.64. The van der Waals surface area contributed by atoms with Gasteiger partial charge >= 0.3 is 0 Å². The van der Waals surface area contributed by atoms with E-state index in [-0.39, 0.29) is 0 Å². The Morgan fingerprint density at radius 1 is 0.867 bits per heavy atom. The average Bonchev–Trinajstić information content (AvgIpc) is 3.49. The summed E-state index contributed by atoms with van der Waals surface area (Å²) < 4.78 is 0. The van der Waals surface area contributed by atoms with Crippen molar-refractivity contribution in [3.63, 3.8) is 0 Å². The molecule has 0 N–H and O–H groups in total. The molecule has 144 valence electrons. The fourth-order valence-corrected chi connectivity index (χ4v) is 4.02. The van der Waals surface area contributed by atoms with Crippen LogP contribution < -0.4 is 0 Å². The van der Waals surface area contributed by atoms with Gasteiger partial charge in [-0.1, -0.05) is 54.3 Å². The van der Waals surface area contributed by atoms with Crippen LogP contribution >= 0.6 is 12.2 Å². The van der Waals surface area contributed by atoms with E-state index < -0.39 is 0 Å². The van der Waals surface area contributed by atoms with Crippen molar-refractivity contribution in [3.05, 3.63) is 94.6 Å². The van der Waals surface area contributed by atoms with E-state index in [0.29, 0.717) is 0 Å². The Morgan fingerprint density at radius 2 is 1.63 bits per heavy atom. The van der Waals surface area contributed by atoms with Crippen molar-refractivity contribution in [3.8, 4) is 23.0 Å². The number of rotatable bonds is 4. The third-order valence-corrected chi connectivity index (χ3v) is 5.86. The van der Waals surface area contributed by atoms with Crippen LogP contribution in [0.15, 0.2) is 77.3 Å². The second kappa shape index (κ2) is 8.25. The van der Waals surface area contributed by atoms with Crippen LogP contribution in [-0.2, 0) is 12.8 Å². The number of thiocarbonyl (C=S) groups is 1. The molecule has 0 unspecified atom stereocenters. The number of allylic oxidation sites excluding steroid dienone is 1. The number of hydrogen-bond donors (Lipinski definition) is 0. The number of nitrogens with zero attached hydrogens (tertiary/aromatic N) is 1. The first-order chi connectivity index (χ1) is 14.8. The largest absolute Gasteiger partial charge is 0.195 e. The molecule has 2 aliphatic rings. The topological polar surface area (TPSA) is 12.4 Å². The normalized spacial score (nSPS) is 14.2. The molecule has 2 heteroatoms. The minimum absolute atomic E-state index is 0.828. The molecule has 0 aromatic heterocycles. The molecule has 0 atom stereocenters. The Labute approximate surface area is 183 Å². The van der Waals surface area contributed by atoms with Crippen molar-refractivity contribution in [2.45, 2.75) is 25.7 Å². The molecule has 5 rings (SSSR count). The Bertz CT molecular complexity index is 1230. The molecule has 0 amide bonds. The quantitative estimate of drug-likeness (QED) is 0.259. The predicted molar refractivity (Wildman–Crippen MR) is 128 cm³/mol. The molecule has 1 fully saturated rings. The summed E-state index contributed by atoms with van der Waals surface area (Å²) in [7, 11) is 0. The van der Waals surface area contributed by atoms with Gasteiger partial charge in [0.2, 0.25) is 0 Å². The van der Waals surface area contributed by atoms with Gasteiger partial charge < -0.3 is 0 Å². The highest BCUT2D eigenvalue weighted by Crippen LogP contribution is 2.33. The maximum absolute atomic E-state index is 4.67. The van der Waals surface area contributed by atoms with E-state index in [1.165, 1.54) is 52.7 Å². The third kappa shape index (κ3) is 4.34. The summed E-state index contributed by atoms with van der Waals surface area (Å²) in [6, 6.07) is 23.5. The van der Waals surface area contributed by atoms with Crippen LogP contribution in [-0.4, -0.2) is 5.16 Å². The zero-order chi connectivity index (χ0) is 20.3. The van der Waals surface area contributed by atoms with E-state index in [1.807, 2.05) is 12.1 Å². The molecule has 30 heavy (non-hydrogen) atoms. The van der Waals surface area contributed by atoms with Crippen molar-refractivity contribution < 1.29 is 0 Å². The van der Waals surface area contributed by atoms with Crippen molar-refractivity contribution in [1.82, 2.24) is 0 Å². The van der Waals surface area contributed by atoms with Gasteiger partial charge in [0, 0.05) is 17.6 Å². The van der Waals surface area contributed by atoms with Gasteiger partial charge in [-0.3, -0.25) is 0 Å². The molecule has 3 aromatic rings. The van der Waals surface area contributed by atoms with Crippen LogP contribution in [0.1, 0.15) is 35.1 Å². The molecule has 3 aromatic carbocycles. The SMILES string of the molecule is S=C=Nc1ccc(-c2ccc3c(c2)CC(C#Cc2ccc(CC4CC4)cc2)=C3)cc1. The van der Waals surface area contributed by atoms with E-state index in [4.69, 9.17) is 0 Å². The summed E-state index contributed by atoms with van der Waals surface area (Å²) in [6.07, 6.45) is 7.12. The zero-order valence-electron chi connectivity index (χ0n) is 16.7. The van der Waals surface area contributed by atoms with E-state index in [0.717, 1.165) is 23.6 Å². The van der Waals surface area contributed by atoms with Gasteiger partial charge in [-0.05, 0) is 95.6 Å². The molecule has 0 radical (unpaired) electrons. The number of hydrogen-bond acceptors (Lipinski definition) is 2. The molecule has 0 heterocycles. The lowest BCUT2D eigenvalue weighted by Crippen LogP contribution is -1.87. The lowest BCUT2D eigenvalue weighted by atomic mass is 10.00. The standard InChI is InChI=1S/C28H21NS/c30-19-29-28-13-11-24(12-14-28)26-10-9-25-16-23(17-27(25)18-26)8-3-20-1-4-21(5-2-20)15-22-6-7-22/h1-2,4-5,9-14,16,18,22H,6-7,15,17H2. The lowest BCUT2D eigenvalue weighted by Gasteiger charge is -2.05. The van der Waals surface area contributed by atoms with Gasteiger partial charge in [0.05, 0.1) is 10.8 Å². The number of benzene rings is 3. The van der Waals surface area contributed by atoms with Gasteiger partial charge in [-0.15, -0.1) is 0 Å². The van der Waals surface area contributed by atoms with Crippen molar-refractivity contribution in [1.29, 1.82) is 0 Å². The molecule has 1 nitrogen and oxygen atoms in total. The molecular formula is C28H21NS. The monoisotopic (exact) mass is 403 g/mol. The first kappa shape index (κ1) is 18.8. The van der Waals surface area contributed by atoms with Gasteiger partial charge in [0.15, 0.2) is 0 Å². The minimum atomic E-state index is 0.828. The summed E-state index contributed by atoms with van der Waals surface area (Å²) in [5.41, 5.74) is 9.51. The molecule has 1 saturated carbocycles. The Balaban J connectivity index is 1.29. The molecule has 2 aliphatic carbocycles. The van der Waals surface area contributed by atoms with E-state index in [9.17, 15) is 0 Å². The zero-order valence-corrected chi connectivity index (χ0v) is 17.5. The summed E-state index contributed by atoms with van der Waals surface area (Å²) in [4.78, 5) is 4.02. The smallest absolute Gasteiger partial charge is 0.0739 e. The molecular weight excluding hydrogens is 382 g/mol. The Kier molecular flexibility index (Phi) is 5.16. The number of aliphatic imine (C=N–C) groups is 1. The average molecular weight is 404 g/mol. The molecule has 0 saturated heterocycles. The fourth-order valence-electron chi connectivity index (χ4n) is 3.92. The highest BCUT2D eigenvalue weighted by Gasteiger charge is 2.21. The van der Waals surface area contributed by atoms with Gasteiger partial charge in [-0.2, -0.15) is 4.99 Å². The van der Waals surface area contributed by atoms with Gasteiger partial charge in [-0.25, -0.2) is 0 Å². The molecule has 0 aliphatic heterocycles. The first-order valence-electron chi connectivity index (χ1n) is 10.4. The van der Waals surface area contributed by atoms with Crippen LogP contribution in [0.5, 0.6) is 0 Å². The van der Waals surface area contributed by atoms with Crippen LogP contribution in [0.4, 0.5) is 5.69 Å². The molecule has 0 spiro atoms. The predicted octanol–water partition coefficient (Wildman–Crippen LogP) is 7.03. The second-order valence-corrected chi connectivity index (χ2v) is 8.29. The van der Waals surface area contributed by atoms with Gasteiger partial charge in [0.1, 0.15) is 0 Å². The van der Waals surface area contributed by atoms with Gasteiger partial charge in [0.25, 0.3) is 0 Å². The van der Waals surface area contributed by atoms with Crippen LogP contribution in [0.2, 0.25) is 0 Å². The maximum atomic E-state index is 4.67. The minimum Gasteiger partial charge on any atom is -0.195 e.